The Morgan fingerprint density at radius 2 is 1.59 bits per heavy atom. The van der Waals surface area contributed by atoms with Crippen molar-refractivity contribution in [2.75, 3.05) is 11.4 Å². The zero-order valence-corrected chi connectivity index (χ0v) is 22.7. The van der Waals surface area contributed by atoms with E-state index in [9.17, 15) is 14.4 Å². The molecule has 3 N–H and O–H groups in total. The molecule has 6 heteroatoms. The summed E-state index contributed by atoms with van der Waals surface area (Å²) in [5.74, 6) is -2.33. The van der Waals surface area contributed by atoms with Gasteiger partial charge in [-0.3, -0.25) is 14.4 Å². The Hall–Kier alpha value is -4.19. The molecule has 39 heavy (non-hydrogen) atoms. The van der Waals surface area contributed by atoms with Gasteiger partial charge in [0.1, 0.15) is 6.04 Å². The van der Waals surface area contributed by atoms with Crippen molar-refractivity contribution in [3.8, 4) is 11.1 Å². The number of rotatable bonds is 11. The van der Waals surface area contributed by atoms with Gasteiger partial charge < -0.3 is 16.0 Å². The third-order valence-corrected chi connectivity index (χ3v) is 7.36. The van der Waals surface area contributed by atoms with Gasteiger partial charge in [0.15, 0.2) is 0 Å². The van der Waals surface area contributed by atoms with Crippen molar-refractivity contribution in [3.05, 3.63) is 103 Å². The van der Waals surface area contributed by atoms with Crippen LogP contribution in [0.2, 0.25) is 0 Å². The Balaban J connectivity index is 1.74. The van der Waals surface area contributed by atoms with Crippen LogP contribution in [0, 0.1) is 17.8 Å². The summed E-state index contributed by atoms with van der Waals surface area (Å²) in [6, 6.07) is 24.7. The number of primary amides is 1. The number of nitrogens with one attached hydrogen (secondary N) is 1. The average Bonchev–Trinajstić information content (AvgIpc) is 3.03. The molecule has 0 spiro atoms. The summed E-state index contributed by atoms with van der Waals surface area (Å²) in [6.45, 7) is 8.21. The van der Waals surface area contributed by atoms with Gasteiger partial charge in [0.25, 0.3) is 5.91 Å². The maximum absolute atomic E-state index is 14.3. The second-order valence-electron chi connectivity index (χ2n) is 10.5. The van der Waals surface area contributed by atoms with Gasteiger partial charge in [-0.25, -0.2) is 0 Å². The molecule has 6 nitrogen and oxygen atoms in total. The molecular formula is C33H37N3O3. The van der Waals surface area contributed by atoms with Gasteiger partial charge in [0, 0.05) is 12.1 Å². The zero-order valence-electron chi connectivity index (χ0n) is 22.7. The van der Waals surface area contributed by atoms with Crippen LogP contribution < -0.4 is 16.0 Å². The first-order chi connectivity index (χ1) is 18.8. The molecule has 3 aromatic rings. The molecule has 0 bridgehead atoms. The average molecular weight is 524 g/mol. The monoisotopic (exact) mass is 523 g/mol. The Bertz CT molecular complexity index is 1330. The van der Waals surface area contributed by atoms with Crippen LogP contribution in [0.1, 0.15) is 43.9 Å². The number of fused-ring (bicyclic) bond motifs is 3. The molecule has 0 aliphatic carbocycles. The summed E-state index contributed by atoms with van der Waals surface area (Å²) in [7, 11) is 0. The summed E-state index contributed by atoms with van der Waals surface area (Å²) < 4.78 is 0. The topological polar surface area (TPSA) is 92.5 Å². The van der Waals surface area contributed by atoms with E-state index >= 15 is 0 Å². The zero-order chi connectivity index (χ0) is 27.9. The maximum Gasteiger partial charge on any atom is 0.254 e. The number of carbonyl (C=O) groups excluding carboxylic acids is 3. The molecule has 3 amide bonds. The highest BCUT2D eigenvalue weighted by molar-refractivity contribution is 6.06. The van der Waals surface area contributed by atoms with E-state index in [0.717, 1.165) is 27.9 Å². The molecule has 4 rings (SSSR count). The molecule has 3 atom stereocenters. The van der Waals surface area contributed by atoms with Crippen LogP contribution in [0.5, 0.6) is 0 Å². The van der Waals surface area contributed by atoms with E-state index in [1.54, 1.807) is 11.0 Å². The van der Waals surface area contributed by atoms with Crippen LogP contribution in [0.3, 0.4) is 0 Å². The number of amides is 3. The molecule has 1 aliphatic heterocycles. The van der Waals surface area contributed by atoms with Crippen molar-refractivity contribution in [3.63, 3.8) is 0 Å². The van der Waals surface area contributed by atoms with Crippen molar-refractivity contribution in [1.82, 2.24) is 5.32 Å². The molecule has 0 radical (unpaired) electrons. The molecular weight excluding hydrogens is 486 g/mol. The lowest BCUT2D eigenvalue weighted by molar-refractivity contribution is -0.135. The van der Waals surface area contributed by atoms with Crippen LogP contribution in [0.4, 0.5) is 5.69 Å². The number of hydrogen-bond donors (Lipinski definition) is 2. The first-order valence-electron chi connectivity index (χ1n) is 13.6. The minimum Gasteiger partial charge on any atom is -0.369 e. The van der Waals surface area contributed by atoms with E-state index in [1.165, 1.54) is 0 Å². The molecule has 0 fully saturated rings. The highest BCUT2D eigenvalue weighted by Gasteiger charge is 2.38. The number of nitrogens with two attached hydrogens (primary N) is 1. The molecule has 3 aromatic carbocycles. The van der Waals surface area contributed by atoms with Crippen LogP contribution in [-0.4, -0.2) is 24.3 Å². The number of allylic oxidation sites excluding steroid dienone is 1. The van der Waals surface area contributed by atoms with E-state index < -0.39 is 23.8 Å². The Morgan fingerprint density at radius 1 is 0.949 bits per heavy atom. The molecule has 1 heterocycles. The second-order valence-corrected chi connectivity index (χ2v) is 10.5. The van der Waals surface area contributed by atoms with Gasteiger partial charge in [0.2, 0.25) is 11.8 Å². The quantitative estimate of drug-likeness (QED) is 0.328. The van der Waals surface area contributed by atoms with E-state index in [4.69, 9.17) is 5.73 Å². The highest BCUT2D eigenvalue weighted by Crippen LogP contribution is 2.40. The summed E-state index contributed by atoms with van der Waals surface area (Å²) >= 11 is 0. The van der Waals surface area contributed by atoms with Gasteiger partial charge in [-0.1, -0.05) is 92.7 Å². The standard InChI is InChI=1S/C33H37N3O3/c1-4-12-27(31(34)37)28(21-22(2)3)32(38)35-30-26-17-9-8-15-24(26)25-16-10-11-18-29(25)36(33(30)39)20-19-23-13-6-5-7-14-23/h4-11,13-18,22,27-28,30H,1,12,19-21H2,2-3H3,(H2,34,37)(H,35,38). The summed E-state index contributed by atoms with van der Waals surface area (Å²) in [5.41, 5.74) is 10.2. The van der Waals surface area contributed by atoms with Crippen LogP contribution in [0.15, 0.2) is 91.5 Å². The van der Waals surface area contributed by atoms with Gasteiger partial charge in [-0.05, 0) is 47.9 Å². The van der Waals surface area contributed by atoms with Crippen molar-refractivity contribution < 1.29 is 14.4 Å². The van der Waals surface area contributed by atoms with Crippen molar-refractivity contribution in [2.24, 2.45) is 23.5 Å². The summed E-state index contributed by atoms with van der Waals surface area (Å²) in [5, 5.41) is 3.05. The van der Waals surface area contributed by atoms with Gasteiger partial charge in [-0.15, -0.1) is 6.58 Å². The van der Waals surface area contributed by atoms with Crippen molar-refractivity contribution >= 4 is 23.4 Å². The molecule has 3 unspecified atom stereocenters. The first-order valence-corrected chi connectivity index (χ1v) is 13.6. The molecule has 0 aromatic heterocycles. The SMILES string of the molecule is C=CCC(C(N)=O)C(CC(C)C)C(=O)NC1C(=O)N(CCc2ccccc2)c2ccccc2-c2ccccc21. The van der Waals surface area contributed by atoms with E-state index in [-0.39, 0.29) is 17.7 Å². The number of anilines is 1. The summed E-state index contributed by atoms with van der Waals surface area (Å²) in [6.07, 6.45) is 3.04. The van der Waals surface area contributed by atoms with Crippen LogP contribution in [0.25, 0.3) is 11.1 Å². The minimum absolute atomic E-state index is 0.149. The van der Waals surface area contributed by atoms with Crippen LogP contribution >= 0.6 is 0 Å². The molecule has 0 saturated carbocycles. The Labute approximate surface area is 230 Å². The number of nitrogens with zero attached hydrogens (tertiary/aromatic N) is 1. The highest BCUT2D eigenvalue weighted by atomic mass is 16.2. The second kappa shape index (κ2) is 12.6. The fourth-order valence-corrected chi connectivity index (χ4v) is 5.46. The predicted octanol–water partition coefficient (Wildman–Crippen LogP) is 5.44. The maximum atomic E-state index is 14.3. The van der Waals surface area contributed by atoms with E-state index in [0.29, 0.717) is 25.8 Å². The molecule has 202 valence electrons. The fraction of sp³-hybridized carbons (Fsp3) is 0.303. The fourth-order valence-electron chi connectivity index (χ4n) is 5.46. The lowest BCUT2D eigenvalue weighted by Gasteiger charge is -2.30. The lowest BCUT2D eigenvalue weighted by atomic mass is 9.82. The van der Waals surface area contributed by atoms with Gasteiger partial charge >= 0.3 is 0 Å². The Kier molecular flexibility index (Phi) is 8.97. The summed E-state index contributed by atoms with van der Waals surface area (Å²) in [4.78, 5) is 42.3. The lowest BCUT2D eigenvalue weighted by Crippen LogP contribution is -2.47. The smallest absolute Gasteiger partial charge is 0.254 e. The van der Waals surface area contributed by atoms with Gasteiger partial charge in [0.05, 0.1) is 17.5 Å². The number of hydrogen-bond acceptors (Lipinski definition) is 3. The predicted molar refractivity (Wildman–Crippen MR) is 156 cm³/mol. The third kappa shape index (κ3) is 6.28. The molecule has 1 aliphatic rings. The van der Waals surface area contributed by atoms with E-state index in [2.05, 4.69) is 11.9 Å². The largest absolute Gasteiger partial charge is 0.369 e. The van der Waals surface area contributed by atoms with Crippen molar-refractivity contribution in [2.45, 2.75) is 39.2 Å². The number of benzene rings is 3. The minimum atomic E-state index is -0.913. The van der Waals surface area contributed by atoms with Crippen LogP contribution in [-0.2, 0) is 20.8 Å². The normalized spacial score (nSPS) is 16.0. The van der Waals surface area contributed by atoms with Gasteiger partial charge in [-0.2, -0.15) is 0 Å². The number of carbonyl (C=O) groups is 3. The number of para-hydroxylation sites is 1. The Morgan fingerprint density at radius 3 is 2.26 bits per heavy atom. The van der Waals surface area contributed by atoms with E-state index in [1.807, 2.05) is 92.7 Å². The molecule has 0 saturated heterocycles. The first kappa shape index (κ1) is 27.8. The third-order valence-electron chi connectivity index (χ3n) is 7.36. The van der Waals surface area contributed by atoms with Crippen molar-refractivity contribution in [1.29, 1.82) is 0 Å².